The number of rotatable bonds is 11. The smallest absolute Gasteiger partial charge is 0.290 e. The Morgan fingerprint density at radius 1 is 0.895 bits per heavy atom. The van der Waals surface area contributed by atoms with Crippen LogP contribution in [-0.2, 0) is 4.79 Å². The van der Waals surface area contributed by atoms with Crippen LogP contribution < -0.4 is 0 Å². The zero-order chi connectivity index (χ0) is 14.6. The van der Waals surface area contributed by atoms with E-state index < -0.39 is 12.0 Å². The maximum absolute atomic E-state index is 11.9. The minimum atomic E-state index is -4.65. The molecule has 0 rings (SSSR count). The molecule has 0 radical (unpaired) electrons. The van der Waals surface area contributed by atoms with E-state index in [0.29, 0.717) is 6.42 Å². The van der Waals surface area contributed by atoms with Crippen LogP contribution >= 0.6 is 0 Å². The second-order valence-electron chi connectivity index (χ2n) is 4.81. The first-order chi connectivity index (χ1) is 8.98. The van der Waals surface area contributed by atoms with E-state index in [4.69, 9.17) is 0 Å². The van der Waals surface area contributed by atoms with Crippen molar-refractivity contribution >= 4 is 5.78 Å². The molecule has 0 spiro atoms. The normalized spacial score (nSPS) is 12.2. The summed E-state index contributed by atoms with van der Waals surface area (Å²) >= 11 is 0. The Morgan fingerprint density at radius 2 is 1.42 bits per heavy atom. The summed E-state index contributed by atoms with van der Waals surface area (Å²) in [5.41, 5.74) is 0. The SMILES string of the molecule is CC/C=C\CCCCCCCCCC(=O)C(F)(F)F. The van der Waals surface area contributed by atoms with Gasteiger partial charge in [-0.05, 0) is 25.7 Å². The number of hydrogen-bond donors (Lipinski definition) is 0. The van der Waals surface area contributed by atoms with Crippen LogP contribution in [0.1, 0.15) is 71.1 Å². The Kier molecular flexibility index (Phi) is 10.6. The molecule has 0 fully saturated rings. The van der Waals surface area contributed by atoms with E-state index in [0.717, 1.165) is 38.5 Å². The Morgan fingerprint density at radius 3 is 1.95 bits per heavy atom. The number of unbranched alkanes of at least 4 members (excludes halogenated alkanes) is 7. The Balaban J connectivity index is 3.24. The van der Waals surface area contributed by atoms with E-state index >= 15 is 0 Å². The van der Waals surface area contributed by atoms with E-state index in [1.54, 1.807) is 0 Å². The van der Waals surface area contributed by atoms with Crippen LogP contribution in [0, 0.1) is 0 Å². The second kappa shape index (κ2) is 11.1. The van der Waals surface area contributed by atoms with Gasteiger partial charge in [0.15, 0.2) is 0 Å². The van der Waals surface area contributed by atoms with Crippen molar-refractivity contribution in [1.82, 2.24) is 0 Å². The Bertz CT molecular complexity index is 257. The quantitative estimate of drug-likeness (QED) is 0.355. The topological polar surface area (TPSA) is 17.1 Å². The van der Waals surface area contributed by atoms with Gasteiger partial charge in [0, 0.05) is 6.42 Å². The minimum Gasteiger partial charge on any atom is -0.290 e. The average Bonchev–Trinajstić information content (AvgIpc) is 2.34. The van der Waals surface area contributed by atoms with Crippen molar-refractivity contribution in [2.24, 2.45) is 0 Å². The molecule has 0 amide bonds. The summed E-state index contributed by atoms with van der Waals surface area (Å²) in [5, 5.41) is 0. The largest absolute Gasteiger partial charge is 0.449 e. The molecule has 1 nitrogen and oxygen atoms in total. The molecule has 0 bridgehead atoms. The number of hydrogen-bond acceptors (Lipinski definition) is 1. The van der Waals surface area contributed by atoms with Gasteiger partial charge in [-0.2, -0.15) is 13.2 Å². The molecule has 0 heterocycles. The van der Waals surface area contributed by atoms with Crippen LogP contribution in [0.5, 0.6) is 0 Å². The number of halogens is 3. The fourth-order valence-corrected chi connectivity index (χ4v) is 1.86. The summed E-state index contributed by atoms with van der Waals surface area (Å²) in [6.07, 6.45) is 8.11. The van der Waals surface area contributed by atoms with Crippen LogP contribution in [-0.4, -0.2) is 12.0 Å². The summed E-state index contributed by atoms with van der Waals surface area (Å²) in [5.74, 6) is -1.59. The third-order valence-corrected chi connectivity index (χ3v) is 2.99. The lowest BCUT2D eigenvalue weighted by Gasteiger charge is -2.04. The van der Waals surface area contributed by atoms with Crippen LogP contribution in [0.15, 0.2) is 12.2 Å². The maximum Gasteiger partial charge on any atom is 0.449 e. The fourth-order valence-electron chi connectivity index (χ4n) is 1.86. The third kappa shape index (κ3) is 12.0. The highest BCUT2D eigenvalue weighted by Gasteiger charge is 2.36. The van der Waals surface area contributed by atoms with Gasteiger partial charge in [0.2, 0.25) is 5.78 Å². The fraction of sp³-hybridized carbons (Fsp3) is 0.800. The summed E-state index contributed by atoms with van der Waals surface area (Å²) in [4.78, 5) is 10.6. The number of carbonyl (C=O) groups is 1. The number of carbonyl (C=O) groups excluding carboxylic acids is 1. The summed E-state index contributed by atoms with van der Waals surface area (Å²) in [7, 11) is 0. The zero-order valence-corrected chi connectivity index (χ0v) is 11.8. The monoisotopic (exact) mass is 278 g/mol. The van der Waals surface area contributed by atoms with Crippen LogP contribution in [0.2, 0.25) is 0 Å². The molecule has 0 aromatic carbocycles. The van der Waals surface area contributed by atoms with Crippen molar-refractivity contribution in [2.75, 3.05) is 0 Å². The van der Waals surface area contributed by atoms with E-state index in [2.05, 4.69) is 19.1 Å². The third-order valence-electron chi connectivity index (χ3n) is 2.99. The van der Waals surface area contributed by atoms with Crippen molar-refractivity contribution in [3.05, 3.63) is 12.2 Å². The summed E-state index contributed by atoms with van der Waals surface area (Å²) < 4.78 is 35.7. The van der Waals surface area contributed by atoms with Crippen molar-refractivity contribution < 1.29 is 18.0 Å². The van der Waals surface area contributed by atoms with Gasteiger partial charge in [-0.15, -0.1) is 0 Å². The van der Waals surface area contributed by atoms with E-state index in [1.807, 2.05) is 0 Å². The predicted octanol–water partition coefficient (Wildman–Crippen LogP) is 5.59. The second-order valence-corrected chi connectivity index (χ2v) is 4.81. The van der Waals surface area contributed by atoms with Crippen molar-refractivity contribution in [2.45, 2.75) is 77.3 Å². The van der Waals surface area contributed by atoms with Crippen molar-refractivity contribution in [3.63, 3.8) is 0 Å². The first kappa shape index (κ1) is 18.2. The van der Waals surface area contributed by atoms with E-state index in [9.17, 15) is 18.0 Å². The molecule has 112 valence electrons. The zero-order valence-electron chi connectivity index (χ0n) is 11.8. The molecular weight excluding hydrogens is 253 g/mol. The molecule has 0 saturated carbocycles. The molecule has 4 heteroatoms. The summed E-state index contributed by atoms with van der Waals surface area (Å²) in [6, 6.07) is 0. The molecule has 19 heavy (non-hydrogen) atoms. The van der Waals surface area contributed by atoms with Gasteiger partial charge in [-0.3, -0.25) is 4.79 Å². The number of ketones is 1. The van der Waals surface area contributed by atoms with Crippen LogP contribution in [0.3, 0.4) is 0 Å². The van der Waals surface area contributed by atoms with Gasteiger partial charge in [0.05, 0.1) is 0 Å². The highest BCUT2D eigenvalue weighted by Crippen LogP contribution is 2.20. The molecule has 0 N–H and O–H groups in total. The predicted molar refractivity (Wildman–Crippen MR) is 72.0 cm³/mol. The van der Waals surface area contributed by atoms with Gasteiger partial charge < -0.3 is 0 Å². The van der Waals surface area contributed by atoms with E-state index in [1.165, 1.54) is 12.8 Å². The van der Waals surface area contributed by atoms with Crippen LogP contribution in [0.25, 0.3) is 0 Å². The molecule has 0 unspecified atom stereocenters. The average molecular weight is 278 g/mol. The molecule has 0 atom stereocenters. The first-order valence-electron chi connectivity index (χ1n) is 7.23. The first-order valence-corrected chi connectivity index (χ1v) is 7.23. The maximum atomic E-state index is 11.9. The van der Waals surface area contributed by atoms with Crippen molar-refractivity contribution in [1.29, 1.82) is 0 Å². The standard InChI is InChI=1S/C15H25F3O/c1-2-3-4-5-6-7-8-9-10-11-12-13-14(19)15(16,17)18/h3-4H,2,5-13H2,1H3/b4-3-. The highest BCUT2D eigenvalue weighted by atomic mass is 19.4. The molecule has 0 saturated heterocycles. The van der Waals surface area contributed by atoms with Crippen molar-refractivity contribution in [3.8, 4) is 0 Å². The van der Waals surface area contributed by atoms with Gasteiger partial charge >= 0.3 is 6.18 Å². The van der Waals surface area contributed by atoms with Gasteiger partial charge in [0.1, 0.15) is 0 Å². The number of Topliss-reactive ketones (excluding diaryl/α,β-unsaturated/α-hetero) is 1. The molecule has 0 aromatic heterocycles. The number of allylic oxidation sites excluding steroid dienone is 2. The molecule has 0 aromatic rings. The van der Waals surface area contributed by atoms with Crippen LogP contribution in [0.4, 0.5) is 13.2 Å². The minimum absolute atomic E-state index is 0.356. The number of alkyl halides is 3. The summed E-state index contributed by atoms with van der Waals surface area (Å²) in [6.45, 7) is 2.11. The molecular formula is C15H25F3O. The Labute approximate surface area is 114 Å². The highest BCUT2D eigenvalue weighted by molar-refractivity contribution is 5.83. The van der Waals surface area contributed by atoms with Gasteiger partial charge in [-0.25, -0.2) is 0 Å². The van der Waals surface area contributed by atoms with Gasteiger partial charge in [0.25, 0.3) is 0 Å². The van der Waals surface area contributed by atoms with E-state index in [-0.39, 0.29) is 6.42 Å². The lowest BCUT2D eigenvalue weighted by Crippen LogP contribution is -2.22. The lowest BCUT2D eigenvalue weighted by molar-refractivity contribution is -0.171. The molecule has 0 aliphatic rings. The molecule has 0 aliphatic carbocycles. The molecule has 0 aliphatic heterocycles. The lowest BCUT2D eigenvalue weighted by atomic mass is 10.1. The van der Waals surface area contributed by atoms with Gasteiger partial charge in [-0.1, -0.05) is 51.2 Å². The Hall–Kier alpha value is -0.800.